The summed E-state index contributed by atoms with van der Waals surface area (Å²) < 4.78 is 0. The molecule has 0 N–H and O–H groups in total. The van der Waals surface area contributed by atoms with Crippen molar-refractivity contribution in [2.45, 2.75) is 27.7 Å². The van der Waals surface area contributed by atoms with Gasteiger partial charge in [-0.1, -0.05) is 43.7 Å². The Balaban J connectivity index is 0.000000531. The van der Waals surface area contributed by atoms with E-state index in [1.54, 1.807) is 11.3 Å². The highest BCUT2D eigenvalue weighted by Gasteiger charge is 1.98. The van der Waals surface area contributed by atoms with Crippen LogP contribution in [0, 0.1) is 13.8 Å². The first kappa shape index (κ1) is 12.0. The summed E-state index contributed by atoms with van der Waals surface area (Å²) in [5.41, 5.74) is 3.97. The lowest BCUT2D eigenvalue weighted by Crippen LogP contribution is -1.74. The summed E-state index contributed by atoms with van der Waals surface area (Å²) in [7, 11) is 0. The fourth-order valence-corrected chi connectivity index (χ4v) is 2.05. The van der Waals surface area contributed by atoms with E-state index in [0.717, 1.165) is 0 Å². The molecule has 0 bridgehead atoms. The molecule has 0 aliphatic heterocycles. The van der Waals surface area contributed by atoms with Gasteiger partial charge in [-0.05, 0) is 36.4 Å². The Morgan fingerprint density at radius 3 is 1.93 bits per heavy atom. The Morgan fingerprint density at radius 1 is 0.867 bits per heavy atom. The topological polar surface area (TPSA) is 0 Å². The molecule has 1 heteroatoms. The molecule has 0 nitrogen and oxygen atoms in total. The molecule has 0 fully saturated rings. The van der Waals surface area contributed by atoms with E-state index in [0.29, 0.717) is 0 Å². The van der Waals surface area contributed by atoms with Crippen molar-refractivity contribution in [2.75, 3.05) is 0 Å². The van der Waals surface area contributed by atoms with Crippen molar-refractivity contribution in [1.82, 2.24) is 0 Å². The molecule has 0 atom stereocenters. The van der Waals surface area contributed by atoms with Crippen molar-refractivity contribution in [1.29, 1.82) is 0 Å². The van der Waals surface area contributed by atoms with E-state index in [9.17, 15) is 0 Å². The monoisotopic (exact) mass is 218 g/mol. The van der Waals surface area contributed by atoms with Gasteiger partial charge in [0.05, 0.1) is 0 Å². The summed E-state index contributed by atoms with van der Waals surface area (Å²) in [6.45, 7) is 8.25. The lowest BCUT2D eigenvalue weighted by atomic mass is 10.1. The quantitative estimate of drug-likeness (QED) is 0.627. The molecule has 0 saturated heterocycles. The minimum Gasteiger partial charge on any atom is -0.149 e. The number of hydrogen-bond donors (Lipinski definition) is 0. The summed E-state index contributed by atoms with van der Waals surface area (Å²) in [6.07, 6.45) is 0. The van der Waals surface area contributed by atoms with Crippen molar-refractivity contribution in [3.05, 3.63) is 46.2 Å². The molecule has 0 unspecified atom stereocenters. The first-order valence-electron chi connectivity index (χ1n) is 5.38. The molecule has 1 aromatic heterocycles. The van der Waals surface area contributed by atoms with Gasteiger partial charge in [0.25, 0.3) is 0 Å². The van der Waals surface area contributed by atoms with Gasteiger partial charge in [0.15, 0.2) is 0 Å². The second-order valence-corrected chi connectivity index (χ2v) is 4.43. The molecule has 2 aromatic rings. The summed E-state index contributed by atoms with van der Waals surface area (Å²) in [4.78, 5) is 1.37. The van der Waals surface area contributed by atoms with Crippen LogP contribution < -0.4 is 0 Å². The molecule has 0 aliphatic carbocycles. The number of rotatable bonds is 1. The average Bonchev–Trinajstić information content (AvgIpc) is 2.69. The molecule has 1 aromatic carbocycles. The largest absolute Gasteiger partial charge is 0.149 e. The highest BCUT2D eigenvalue weighted by atomic mass is 32.1. The first-order valence-corrected chi connectivity index (χ1v) is 6.26. The normalized spacial score (nSPS) is 9.33. The lowest BCUT2D eigenvalue weighted by molar-refractivity contribution is 1.47. The van der Waals surface area contributed by atoms with Crippen LogP contribution in [-0.4, -0.2) is 0 Å². The van der Waals surface area contributed by atoms with Gasteiger partial charge in [-0.25, -0.2) is 0 Å². The highest BCUT2D eigenvalue weighted by Crippen LogP contribution is 2.24. The van der Waals surface area contributed by atoms with Gasteiger partial charge >= 0.3 is 0 Å². The molecule has 0 radical (unpaired) electrons. The molecule has 0 saturated carbocycles. The minimum absolute atomic E-state index is 1.31. The summed E-state index contributed by atoms with van der Waals surface area (Å²) in [5, 5.41) is 2.21. The van der Waals surface area contributed by atoms with E-state index in [2.05, 4.69) is 49.6 Å². The molecular formula is C14H18S. The standard InChI is InChI=1S/C12H12S.C2H6/c1-9-3-5-11(6-4-9)12-7-10(2)13-8-12;1-2/h3-8H,1-2H3;1-2H3. The van der Waals surface area contributed by atoms with Crippen LogP contribution in [0.5, 0.6) is 0 Å². The molecule has 80 valence electrons. The fraction of sp³-hybridized carbons (Fsp3) is 0.286. The van der Waals surface area contributed by atoms with E-state index < -0.39 is 0 Å². The zero-order valence-corrected chi connectivity index (χ0v) is 10.7. The number of thiophene rings is 1. The Bertz CT molecular complexity index is 396. The summed E-state index contributed by atoms with van der Waals surface area (Å²) in [5.74, 6) is 0. The van der Waals surface area contributed by atoms with Gasteiger partial charge in [-0.3, -0.25) is 0 Å². The van der Waals surface area contributed by atoms with Crippen LogP contribution in [0.3, 0.4) is 0 Å². The lowest BCUT2D eigenvalue weighted by Gasteiger charge is -1.97. The van der Waals surface area contributed by atoms with Gasteiger partial charge in [0.2, 0.25) is 0 Å². The average molecular weight is 218 g/mol. The Labute approximate surface area is 96.6 Å². The van der Waals surface area contributed by atoms with Crippen LogP contribution in [0.25, 0.3) is 11.1 Å². The zero-order valence-electron chi connectivity index (χ0n) is 9.87. The smallest absolute Gasteiger partial charge is 0.00205 e. The predicted molar refractivity (Wildman–Crippen MR) is 70.6 cm³/mol. The third-order valence-electron chi connectivity index (χ3n) is 2.12. The van der Waals surface area contributed by atoms with E-state index in [-0.39, 0.29) is 0 Å². The van der Waals surface area contributed by atoms with Crippen LogP contribution in [0.1, 0.15) is 24.3 Å². The van der Waals surface area contributed by atoms with E-state index in [1.807, 2.05) is 13.8 Å². The second kappa shape index (κ2) is 5.72. The summed E-state index contributed by atoms with van der Waals surface area (Å²) >= 11 is 1.80. The van der Waals surface area contributed by atoms with Crippen LogP contribution >= 0.6 is 11.3 Å². The van der Waals surface area contributed by atoms with Gasteiger partial charge in [0.1, 0.15) is 0 Å². The first-order chi connectivity index (χ1) is 7.25. The van der Waals surface area contributed by atoms with Gasteiger partial charge < -0.3 is 0 Å². The van der Waals surface area contributed by atoms with Crippen LogP contribution in [-0.2, 0) is 0 Å². The van der Waals surface area contributed by atoms with Crippen molar-refractivity contribution in [2.24, 2.45) is 0 Å². The Kier molecular flexibility index (Phi) is 4.57. The third kappa shape index (κ3) is 3.21. The van der Waals surface area contributed by atoms with Crippen LogP contribution in [0.4, 0.5) is 0 Å². The van der Waals surface area contributed by atoms with Crippen molar-refractivity contribution < 1.29 is 0 Å². The molecule has 2 rings (SSSR count). The van der Waals surface area contributed by atoms with Gasteiger partial charge in [0, 0.05) is 4.88 Å². The van der Waals surface area contributed by atoms with E-state index in [4.69, 9.17) is 0 Å². The number of hydrogen-bond acceptors (Lipinski definition) is 1. The molecule has 0 amide bonds. The Morgan fingerprint density at radius 2 is 1.47 bits per heavy atom. The number of benzene rings is 1. The highest BCUT2D eigenvalue weighted by molar-refractivity contribution is 7.10. The molecule has 0 spiro atoms. The van der Waals surface area contributed by atoms with Crippen LogP contribution in [0.2, 0.25) is 0 Å². The van der Waals surface area contributed by atoms with Crippen molar-refractivity contribution in [3.8, 4) is 11.1 Å². The maximum atomic E-state index is 2.23. The van der Waals surface area contributed by atoms with Crippen LogP contribution in [0.15, 0.2) is 35.7 Å². The number of aryl methyl sites for hydroxylation is 2. The van der Waals surface area contributed by atoms with Gasteiger partial charge in [-0.2, -0.15) is 0 Å². The molecular weight excluding hydrogens is 200 g/mol. The maximum Gasteiger partial charge on any atom is 0.00205 e. The van der Waals surface area contributed by atoms with Crippen molar-refractivity contribution >= 4 is 11.3 Å². The molecule has 15 heavy (non-hydrogen) atoms. The zero-order chi connectivity index (χ0) is 11.3. The second-order valence-electron chi connectivity index (χ2n) is 3.31. The summed E-state index contributed by atoms with van der Waals surface area (Å²) in [6, 6.07) is 10.9. The third-order valence-corrected chi connectivity index (χ3v) is 2.98. The Hall–Kier alpha value is -1.08. The van der Waals surface area contributed by atoms with Gasteiger partial charge in [-0.15, -0.1) is 11.3 Å². The SMILES string of the molecule is CC.Cc1ccc(-c2csc(C)c2)cc1. The molecule has 0 aliphatic rings. The fourth-order valence-electron chi connectivity index (χ4n) is 1.34. The molecule has 1 heterocycles. The van der Waals surface area contributed by atoms with E-state index in [1.165, 1.54) is 21.6 Å². The maximum absolute atomic E-state index is 2.23. The van der Waals surface area contributed by atoms with E-state index >= 15 is 0 Å². The predicted octanol–water partition coefficient (Wildman–Crippen LogP) is 5.06. The minimum atomic E-state index is 1.31. The van der Waals surface area contributed by atoms with Crippen molar-refractivity contribution in [3.63, 3.8) is 0 Å².